The van der Waals surface area contributed by atoms with Crippen LogP contribution in [0.15, 0.2) is 42.7 Å². The van der Waals surface area contributed by atoms with Crippen molar-refractivity contribution in [2.24, 2.45) is 17.6 Å². The van der Waals surface area contributed by atoms with Gasteiger partial charge in [-0.3, -0.25) is 4.79 Å². The van der Waals surface area contributed by atoms with E-state index in [9.17, 15) is 4.79 Å². The number of nitrogens with zero attached hydrogens (tertiary/aromatic N) is 2. The number of hydrogen-bond acceptors (Lipinski definition) is 3. The van der Waals surface area contributed by atoms with Gasteiger partial charge in [-0.15, -0.1) is 0 Å². The molecule has 0 bridgehead atoms. The molecule has 0 unspecified atom stereocenters. The fourth-order valence-electron chi connectivity index (χ4n) is 3.27. The predicted molar refractivity (Wildman–Crippen MR) is 85.3 cm³/mol. The summed E-state index contributed by atoms with van der Waals surface area (Å²) in [5.41, 5.74) is 7.82. The van der Waals surface area contributed by atoms with E-state index in [0.717, 1.165) is 30.5 Å². The monoisotopic (exact) mass is 298 g/mol. The Morgan fingerprint density at radius 1 is 1.32 bits per heavy atom. The SMILES string of the molecule is NC[C@H]1CCC[C@H]1C(=O)NCc1ccccc1-n1cccn1. The van der Waals surface area contributed by atoms with Gasteiger partial charge in [0.2, 0.25) is 5.91 Å². The molecule has 3 rings (SSSR count). The highest BCUT2D eigenvalue weighted by atomic mass is 16.1. The normalized spacial score (nSPS) is 21.0. The number of nitrogens with one attached hydrogen (secondary N) is 1. The summed E-state index contributed by atoms with van der Waals surface area (Å²) >= 11 is 0. The number of rotatable bonds is 5. The van der Waals surface area contributed by atoms with Gasteiger partial charge in [0.15, 0.2) is 0 Å². The first kappa shape index (κ1) is 14.8. The number of nitrogens with two attached hydrogens (primary N) is 1. The van der Waals surface area contributed by atoms with Crippen LogP contribution in [0.2, 0.25) is 0 Å². The maximum absolute atomic E-state index is 12.4. The average molecular weight is 298 g/mol. The number of benzene rings is 1. The number of carbonyl (C=O) groups is 1. The molecule has 0 spiro atoms. The first-order chi connectivity index (χ1) is 10.8. The molecule has 2 aromatic rings. The summed E-state index contributed by atoms with van der Waals surface area (Å²) in [7, 11) is 0. The lowest BCUT2D eigenvalue weighted by Gasteiger charge is -2.18. The van der Waals surface area contributed by atoms with Crippen LogP contribution in [0.3, 0.4) is 0 Å². The molecule has 1 aromatic carbocycles. The van der Waals surface area contributed by atoms with Crippen LogP contribution in [-0.2, 0) is 11.3 Å². The van der Waals surface area contributed by atoms with Crippen molar-refractivity contribution in [3.05, 3.63) is 48.3 Å². The van der Waals surface area contributed by atoms with E-state index in [1.807, 2.05) is 41.2 Å². The fourth-order valence-corrected chi connectivity index (χ4v) is 3.27. The van der Waals surface area contributed by atoms with Crippen molar-refractivity contribution in [1.82, 2.24) is 15.1 Å². The summed E-state index contributed by atoms with van der Waals surface area (Å²) in [5, 5.41) is 7.34. The minimum atomic E-state index is 0.0712. The lowest BCUT2D eigenvalue weighted by molar-refractivity contribution is -0.126. The third-order valence-corrected chi connectivity index (χ3v) is 4.49. The minimum Gasteiger partial charge on any atom is -0.352 e. The first-order valence-electron chi connectivity index (χ1n) is 7.85. The predicted octanol–water partition coefficient (Wildman–Crippen LogP) is 1.86. The molecular weight excluding hydrogens is 276 g/mol. The van der Waals surface area contributed by atoms with Gasteiger partial charge < -0.3 is 11.1 Å². The van der Waals surface area contributed by atoms with Gasteiger partial charge in [0.1, 0.15) is 0 Å². The standard InChI is InChI=1S/C17H22N4O/c18-11-13-6-3-7-15(13)17(22)19-12-14-5-1-2-8-16(14)21-10-4-9-20-21/h1-2,4-5,8-10,13,15H,3,6-7,11-12,18H2,(H,19,22)/t13-,15-/m1/s1. The fraction of sp³-hybridized carbons (Fsp3) is 0.412. The second-order valence-corrected chi connectivity index (χ2v) is 5.83. The van der Waals surface area contributed by atoms with E-state index in [0.29, 0.717) is 19.0 Å². The van der Waals surface area contributed by atoms with Gasteiger partial charge >= 0.3 is 0 Å². The number of aromatic nitrogens is 2. The van der Waals surface area contributed by atoms with Gasteiger partial charge in [-0.25, -0.2) is 4.68 Å². The Labute approximate surface area is 130 Å². The van der Waals surface area contributed by atoms with Crippen LogP contribution in [0.4, 0.5) is 0 Å². The second-order valence-electron chi connectivity index (χ2n) is 5.83. The Morgan fingerprint density at radius 3 is 2.95 bits per heavy atom. The van der Waals surface area contributed by atoms with E-state index in [2.05, 4.69) is 10.4 Å². The third kappa shape index (κ3) is 3.04. The molecule has 1 fully saturated rings. The first-order valence-corrected chi connectivity index (χ1v) is 7.85. The van der Waals surface area contributed by atoms with Crippen molar-refractivity contribution in [2.45, 2.75) is 25.8 Å². The van der Waals surface area contributed by atoms with E-state index in [1.54, 1.807) is 6.20 Å². The second kappa shape index (κ2) is 6.75. The molecule has 3 N–H and O–H groups in total. The average Bonchev–Trinajstić information content (AvgIpc) is 3.23. The molecule has 0 saturated heterocycles. The molecule has 2 atom stereocenters. The summed E-state index contributed by atoms with van der Waals surface area (Å²) in [6.45, 7) is 1.12. The highest BCUT2D eigenvalue weighted by molar-refractivity contribution is 5.79. The molecular formula is C17H22N4O. The highest BCUT2D eigenvalue weighted by Gasteiger charge is 2.31. The van der Waals surface area contributed by atoms with Crippen LogP contribution in [0.25, 0.3) is 5.69 Å². The van der Waals surface area contributed by atoms with Crippen LogP contribution in [0, 0.1) is 11.8 Å². The van der Waals surface area contributed by atoms with Crippen molar-refractivity contribution in [2.75, 3.05) is 6.54 Å². The zero-order valence-corrected chi connectivity index (χ0v) is 12.6. The third-order valence-electron chi connectivity index (χ3n) is 4.49. The van der Waals surface area contributed by atoms with Gasteiger partial charge in [0.05, 0.1) is 5.69 Å². The van der Waals surface area contributed by atoms with Crippen molar-refractivity contribution < 1.29 is 4.79 Å². The molecule has 1 saturated carbocycles. The van der Waals surface area contributed by atoms with Crippen LogP contribution in [0.5, 0.6) is 0 Å². The van der Waals surface area contributed by atoms with Gasteiger partial charge in [-0.05, 0) is 43.0 Å². The topological polar surface area (TPSA) is 72.9 Å². The zero-order valence-electron chi connectivity index (χ0n) is 12.6. The number of para-hydroxylation sites is 1. The van der Waals surface area contributed by atoms with Crippen LogP contribution >= 0.6 is 0 Å². The Kier molecular flexibility index (Phi) is 4.53. The summed E-state index contributed by atoms with van der Waals surface area (Å²) in [5.74, 6) is 0.534. The molecule has 1 heterocycles. The maximum Gasteiger partial charge on any atom is 0.223 e. The van der Waals surface area contributed by atoms with E-state index < -0.39 is 0 Å². The molecule has 1 aliphatic rings. The van der Waals surface area contributed by atoms with Gasteiger partial charge in [-0.2, -0.15) is 5.10 Å². The van der Waals surface area contributed by atoms with Crippen molar-refractivity contribution in [3.63, 3.8) is 0 Å². The molecule has 1 amide bonds. The van der Waals surface area contributed by atoms with Crippen molar-refractivity contribution in [1.29, 1.82) is 0 Å². The largest absolute Gasteiger partial charge is 0.352 e. The summed E-state index contributed by atoms with van der Waals surface area (Å²) < 4.78 is 1.82. The molecule has 0 radical (unpaired) electrons. The van der Waals surface area contributed by atoms with Crippen LogP contribution < -0.4 is 11.1 Å². The van der Waals surface area contributed by atoms with E-state index in [1.165, 1.54) is 0 Å². The van der Waals surface area contributed by atoms with Gasteiger partial charge in [-0.1, -0.05) is 24.6 Å². The molecule has 116 valence electrons. The lowest BCUT2D eigenvalue weighted by atomic mass is 9.95. The van der Waals surface area contributed by atoms with Crippen LogP contribution in [0.1, 0.15) is 24.8 Å². The number of hydrogen-bond donors (Lipinski definition) is 2. The summed E-state index contributed by atoms with van der Waals surface area (Å²) in [6.07, 6.45) is 6.78. The highest BCUT2D eigenvalue weighted by Crippen LogP contribution is 2.31. The van der Waals surface area contributed by atoms with Gasteiger partial charge in [0.25, 0.3) is 0 Å². The van der Waals surface area contributed by atoms with Crippen LogP contribution in [-0.4, -0.2) is 22.2 Å². The Hall–Kier alpha value is -2.14. The Bertz CT molecular complexity index is 623. The lowest BCUT2D eigenvalue weighted by Crippen LogP contribution is -2.34. The summed E-state index contributed by atoms with van der Waals surface area (Å²) in [4.78, 5) is 12.4. The van der Waals surface area contributed by atoms with E-state index in [4.69, 9.17) is 5.73 Å². The summed E-state index contributed by atoms with van der Waals surface area (Å²) in [6, 6.07) is 9.87. The molecule has 22 heavy (non-hydrogen) atoms. The Balaban J connectivity index is 1.68. The van der Waals surface area contributed by atoms with Crippen molar-refractivity contribution in [3.8, 4) is 5.69 Å². The van der Waals surface area contributed by atoms with Crippen molar-refractivity contribution >= 4 is 5.91 Å². The quantitative estimate of drug-likeness (QED) is 0.885. The smallest absolute Gasteiger partial charge is 0.223 e. The van der Waals surface area contributed by atoms with Gasteiger partial charge in [0, 0.05) is 24.9 Å². The van der Waals surface area contributed by atoms with E-state index >= 15 is 0 Å². The molecule has 1 aromatic heterocycles. The molecule has 5 heteroatoms. The zero-order chi connectivity index (χ0) is 15.4. The molecule has 5 nitrogen and oxygen atoms in total. The molecule has 0 aliphatic heterocycles. The minimum absolute atomic E-state index is 0.0712. The number of carbonyl (C=O) groups excluding carboxylic acids is 1. The van der Waals surface area contributed by atoms with E-state index in [-0.39, 0.29) is 11.8 Å². The Morgan fingerprint density at radius 2 is 2.18 bits per heavy atom. The maximum atomic E-state index is 12.4. The molecule has 1 aliphatic carbocycles. The number of amides is 1.